The van der Waals surface area contributed by atoms with Gasteiger partial charge in [-0.25, -0.2) is 8.42 Å². The topological polar surface area (TPSA) is 92.9 Å². The third kappa shape index (κ3) is 4.43. The molecule has 1 aliphatic rings. The van der Waals surface area contributed by atoms with Gasteiger partial charge >= 0.3 is 0 Å². The zero-order valence-corrected chi connectivity index (χ0v) is 15.2. The number of nitrogens with two attached hydrogens (primary N) is 1. The number of methoxy groups -OCH3 is 1. The maximum atomic E-state index is 12.5. The van der Waals surface area contributed by atoms with Gasteiger partial charge in [0.1, 0.15) is 4.21 Å². The molecule has 1 aromatic heterocycles. The molecule has 0 aromatic carbocycles. The molecule has 1 fully saturated rings. The molecule has 130 valence electrons. The maximum Gasteiger partial charge on any atom is 0.252 e. The van der Waals surface area contributed by atoms with E-state index in [1.807, 2.05) is 0 Å². The van der Waals surface area contributed by atoms with Gasteiger partial charge in [0.25, 0.3) is 10.0 Å². The molecule has 2 heterocycles. The molecule has 0 radical (unpaired) electrons. The van der Waals surface area contributed by atoms with Crippen molar-refractivity contribution < 1.29 is 17.9 Å². The fraction of sp³-hybridized carbons (Fsp3) is 0.615. The lowest BCUT2D eigenvalue weighted by molar-refractivity contribution is -0.134. The van der Waals surface area contributed by atoms with Crippen LogP contribution in [-0.2, 0) is 19.6 Å². The van der Waals surface area contributed by atoms with E-state index in [9.17, 15) is 13.2 Å². The van der Waals surface area contributed by atoms with Crippen LogP contribution in [0.3, 0.4) is 0 Å². The number of carbonyl (C=O) groups is 1. The maximum absolute atomic E-state index is 12.5. The molecule has 10 heteroatoms. The summed E-state index contributed by atoms with van der Waals surface area (Å²) in [6, 6.07) is 3.07. The molecule has 0 spiro atoms. The van der Waals surface area contributed by atoms with Crippen LogP contribution in [0.4, 0.5) is 0 Å². The van der Waals surface area contributed by atoms with Gasteiger partial charge in [0.05, 0.1) is 16.9 Å². The number of thiophene rings is 1. The quantitative estimate of drug-likeness (QED) is 0.778. The number of nitrogens with zero attached hydrogens (tertiary/aromatic N) is 2. The monoisotopic (exact) mass is 381 g/mol. The Bertz CT molecular complexity index is 637. The Hall–Kier alpha value is -0.710. The summed E-state index contributed by atoms with van der Waals surface area (Å²) in [5.41, 5.74) is 5.51. The van der Waals surface area contributed by atoms with E-state index in [0.717, 1.165) is 11.3 Å². The van der Waals surface area contributed by atoms with Crippen molar-refractivity contribution >= 4 is 38.9 Å². The summed E-state index contributed by atoms with van der Waals surface area (Å²) in [6.45, 7) is 1.53. The lowest BCUT2D eigenvalue weighted by atomic mass is 10.2. The SMILES string of the molecule is COC(CN)CC(=O)N1CCN(S(=O)(=O)c2ccc(Cl)s2)CC1. The molecule has 1 atom stereocenters. The van der Waals surface area contributed by atoms with E-state index in [0.29, 0.717) is 17.4 Å². The third-order valence-corrected chi connectivity index (χ3v) is 7.33. The van der Waals surface area contributed by atoms with Crippen molar-refractivity contribution in [1.29, 1.82) is 0 Å². The van der Waals surface area contributed by atoms with Crippen LogP contribution >= 0.6 is 22.9 Å². The number of hydrogen-bond donors (Lipinski definition) is 1. The molecule has 1 amide bonds. The first-order valence-corrected chi connectivity index (χ1v) is 9.78. The van der Waals surface area contributed by atoms with Crippen LogP contribution in [0.1, 0.15) is 6.42 Å². The minimum absolute atomic E-state index is 0.0708. The minimum Gasteiger partial charge on any atom is -0.380 e. The van der Waals surface area contributed by atoms with Gasteiger partial charge in [0, 0.05) is 39.8 Å². The second-order valence-electron chi connectivity index (χ2n) is 5.14. The van der Waals surface area contributed by atoms with E-state index in [2.05, 4.69) is 0 Å². The third-order valence-electron chi connectivity index (χ3n) is 3.73. The summed E-state index contributed by atoms with van der Waals surface area (Å²) in [7, 11) is -2.02. The first kappa shape index (κ1) is 18.6. The van der Waals surface area contributed by atoms with Crippen molar-refractivity contribution in [3.63, 3.8) is 0 Å². The van der Waals surface area contributed by atoms with E-state index in [1.54, 1.807) is 11.0 Å². The predicted octanol–water partition coefficient (Wildman–Crippen LogP) is 0.598. The summed E-state index contributed by atoms with van der Waals surface area (Å²) >= 11 is 6.84. The van der Waals surface area contributed by atoms with E-state index in [-0.39, 0.29) is 42.3 Å². The van der Waals surface area contributed by atoms with Crippen molar-refractivity contribution in [3.05, 3.63) is 16.5 Å². The molecule has 1 aliphatic heterocycles. The number of rotatable bonds is 6. The highest BCUT2D eigenvalue weighted by molar-refractivity contribution is 7.91. The van der Waals surface area contributed by atoms with Crippen molar-refractivity contribution in [3.8, 4) is 0 Å². The van der Waals surface area contributed by atoms with Crippen LogP contribution in [-0.4, -0.2) is 69.5 Å². The van der Waals surface area contributed by atoms with Gasteiger partial charge in [-0.1, -0.05) is 11.6 Å². The standard InChI is InChI=1S/C13H20ClN3O4S2/c1-21-10(9-15)8-12(18)16-4-6-17(7-5-16)23(19,20)13-3-2-11(14)22-13/h2-3,10H,4-9,15H2,1H3. The highest BCUT2D eigenvalue weighted by Crippen LogP contribution is 2.28. The van der Waals surface area contributed by atoms with E-state index in [4.69, 9.17) is 22.1 Å². The number of amides is 1. The van der Waals surface area contributed by atoms with Crippen molar-refractivity contribution in [2.75, 3.05) is 39.8 Å². The lowest BCUT2D eigenvalue weighted by Crippen LogP contribution is -2.51. The molecule has 1 aromatic rings. The van der Waals surface area contributed by atoms with Gasteiger partial charge in [-0.2, -0.15) is 4.31 Å². The van der Waals surface area contributed by atoms with Crippen LogP contribution in [0.15, 0.2) is 16.3 Å². The number of carbonyl (C=O) groups excluding carboxylic acids is 1. The molecule has 2 rings (SSSR count). The average molecular weight is 382 g/mol. The summed E-state index contributed by atoms with van der Waals surface area (Å²) < 4.78 is 32.1. The van der Waals surface area contributed by atoms with Gasteiger partial charge < -0.3 is 15.4 Å². The number of sulfonamides is 1. The van der Waals surface area contributed by atoms with Gasteiger partial charge in [-0.15, -0.1) is 11.3 Å². The van der Waals surface area contributed by atoms with Crippen LogP contribution < -0.4 is 5.73 Å². The van der Waals surface area contributed by atoms with Crippen LogP contribution in [0, 0.1) is 0 Å². The Kier molecular flexibility index (Phi) is 6.40. The van der Waals surface area contributed by atoms with Crippen molar-refractivity contribution in [2.45, 2.75) is 16.7 Å². The molecule has 0 aliphatic carbocycles. The Morgan fingerprint density at radius 3 is 2.52 bits per heavy atom. The first-order chi connectivity index (χ1) is 10.9. The van der Waals surface area contributed by atoms with Gasteiger partial charge in [0.2, 0.25) is 5.91 Å². The summed E-state index contributed by atoms with van der Waals surface area (Å²) in [4.78, 5) is 13.8. The van der Waals surface area contributed by atoms with E-state index in [1.165, 1.54) is 17.5 Å². The molecule has 7 nitrogen and oxygen atoms in total. The summed E-state index contributed by atoms with van der Waals surface area (Å²) in [5, 5.41) is 0. The number of ether oxygens (including phenoxy) is 1. The highest BCUT2D eigenvalue weighted by Gasteiger charge is 2.31. The fourth-order valence-corrected chi connectivity index (χ4v) is 5.39. The second kappa shape index (κ2) is 7.91. The normalized spacial score (nSPS) is 18.1. The van der Waals surface area contributed by atoms with Gasteiger partial charge in [0.15, 0.2) is 0 Å². The van der Waals surface area contributed by atoms with E-state index < -0.39 is 10.0 Å². The molecule has 1 saturated heterocycles. The largest absolute Gasteiger partial charge is 0.380 e. The number of hydrogen-bond acceptors (Lipinski definition) is 6. The molecule has 2 N–H and O–H groups in total. The smallest absolute Gasteiger partial charge is 0.252 e. The summed E-state index contributed by atoms with van der Waals surface area (Å²) in [6.07, 6.45) is -0.0992. The zero-order chi connectivity index (χ0) is 17.0. The molecule has 0 bridgehead atoms. The zero-order valence-electron chi connectivity index (χ0n) is 12.8. The Labute approximate surface area is 145 Å². The van der Waals surface area contributed by atoms with Crippen molar-refractivity contribution in [1.82, 2.24) is 9.21 Å². The van der Waals surface area contributed by atoms with Gasteiger partial charge in [-0.05, 0) is 12.1 Å². The van der Waals surface area contributed by atoms with Crippen molar-refractivity contribution in [2.24, 2.45) is 5.73 Å². The van der Waals surface area contributed by atoms with Crippen LogP contribution in [0.2, 0.25) is 4.34 Å². The Morgan fingerprint density at radius 1 is 1.39 bits per heavy atom. The molecule has 23 heavy (non-hydrogen) atoms. The predicted molar refractivity (Wildman–Crippen MR) is 89.1 cm³/mol. The molecule has 1 unspecified atom stereocenters. The Morgan fingerprint density at radius 2 is 2.04 bits per heavy atom. The molecule has 0 saturated carbocycles. The van der Waals surface area contributed by atoms with Crippen LogP contribution in [0.5, 0.6) is 0 Å². The number of halogens is 1. The van der Waals surface area contributed by atoms with E-state index >= 15 is 0 Å². The highest BCUT2D eigenvalue weighted by atomic mass is 35.5. The molecular weight excluding hydrogens is 362 g/mol. The fourth-order valence-electron chi connectivity index (χ4n) is 2.33. The first-order valence-electron chi connectivity index (χ1n) is 7.14. The molecular formula is C13H20ClN3O4S2. The second-order valence-corrected chi connectivity index (χ2v) is 9.02. The summed E-state index contributed by atoms with van der Waals surface area (Å²) in [5.74, 6) is -0.0708. The minimum atomic E-state index is -3.54. The Balaban J connectivity index is 1.94. The average Bonchev–Trinajstić information content (AvgIpc) is 2.99. The van der Waals surface area contributed by atoms with Gasteiger partial charge in [-0.3, -0.25) is 4.79 Å². The lowest BCUT2D eigenvalue weighted by Gasteiger charge is -2.34. The number of piperazine rings is 1. The van der Waals surface area contributed by atoms with Crippen LogP contribution in [0.25, 0.3) is 0 Å².